The predicted molar refractivity (Wildman–Crippen MR) is 112 cm³/mol. The molecule has 0 heterocycles. The van der Waals surface area contributed by atoms with Crippen LogP contribution in [0.4, 0.5) is 0 Å². The Bertz CT molecular complexity index is 978. The minimum absolute atomic E-state index is 0.0731. The molecule has 131 valence electrons. The van der Waals surface area contributed by atoms with Crippen molar-refractivity contribution in [3.63, 3.8) is 0 Å². The molecule has 0 amide bonds. The summed E-state index contributed by atoms with van der Waals surface area (Å²) in [6.45, 7) is 13.9. The third kappa shape index (κ3) is 2.28. The molecule has 0 spiro atoms. The van der Waals surface area contributed by atoms with Crippen LogP contribution in [-0.4, -0.2) is 0 Å². The average molecular weight is 340 g/mol. The van der Waals surface area contributed by atoms with Crippen LogP contribution in [0.5, 0.6) is 0 Å². The van der Waals surface area contributed by atoms with E-state index in [1.165, 1.54) is 50.1 Å². The summed E-state index contributed by atoms with van der Waals surface area (Å²) in [5.41, 5.74) is 12.6. The maximum Gasteiger partial charge on any atom is 0.0117 e. The van der Waals surface area contributed by atoms with Crippen molar-refractivity contribution in [2.45, 2.75) is 47.5 Å². The second kappa shape index (κ2) is 5.84. The minimum Gasteiger partial charge on any atom is -0.0622 e. The normalized spacial score (nSPS) is 21.3. The first-order chi connectivity index (χ1) is 12.3. The van der Waals surface area contributed by atoms with Crippen molar-refractivity contribution in [1.82, 2.24) is 0 Å². The van der Waals surface area contributed by atoms with Gasteiger partial charge in [-0.3, -0.25) is 0 Å². The molecule has 1 atom stereocenters. The molecule has 0 saturated carbocycles. The molecule has 26 heavy (non-hydrogen) atoms. The number of benzene rings is 2. The fourth-order valence-corrected chi connectivity index (χ4v) is 4.75. The van der Waals surface area contributed by atoms with E-state index in [1.807, 2.05) is 0 Å². The topological polar surface area (TPSA) is 0 Å². The number of hydrogen-bond donors (Lipinski definition) is 0. The van der Waals surface area contributed by atoms with Crippen LogP contribution in [0.15, 0.2) is 65.3 Å². The Labute approximate surface area is 158 Å². The zero-order valence-electron chi connectivity index (χ0n) is 16.7. The third-order valence-electron chi connectivity index (χ3n) is 6.67. The highest BCUT2D eigenvalue weighted by atomic mass is 14.4. The van der Waals surface area contributed by atoms with Gasteiger partial charge < -0.3 is 0 Å². The molecule has 0 saturated heterocycles. The fourth-order valence-electron chi connectivity index (χ4n) is 4.75. The smallest absolute Gasteiger partial charge is 0.0117 e. The van der Waals surface area contributed by atoms with Gasteiger partial charge in [-0.1, -0.05) is 74.9 Å². The van der Waals surface area contributed by atoms with Gasteiger partial charge in [-0.25, -0.2) is 0 Å². The lowest BCUT2D eigenvalue weighted by Crippen LogP contribution is -2.14. The Morgan fingerprint density at radius 2 is 1.54 bits per heavy atom. The van der Waals surface area contributed by atoms with Crippen molar-refractivity contribution in [1.29, 1.82) is 0 Å². The summed E-state index contributed by atoms with van der Waals surface area (Å²) < 4.78 is 0. The van der Waals surface area contributed by atoms with Crippen LogP contribution in [-0.2, 0) is 0 Å². The first-order valence-electron chi connectivity index (χ1n) is 9.56. The van der Waals surface area contributed by atoms with Gasteiger partial charge in [0.05, 0.1) is 0 Å². The third-order valence-corrected chi connectivity index (χ3v) is 6.67. The van der Waals surface area contributed by atoms with Crippen LogP contribution < -0.4 is 0 Å². The van der Waals surface area contributed by atoms with Crippen LogP contribution in [0.25, 0.3) is 11.1 Å². The largest absolute Gasteiger partial charge is 0.0622 e. The van der Waals surface area contributed by atoms with Gasteiger partial charge in [-0.15, -0.1) is 0 Å². The molecule has 2 aromatic rings. The monoisotopic (exact) mass is 339 g/mol. The molecule has 0 aromatic heterocycles. The molecule has 0 fully saturated rings. The van der Waals surface area contributed by atoms with E-state index >= 15 is 0 Å². The van der Waals surface area contributed by atoms with Crippen LogP contribution >= 0.6 is 0 Å². The van der Waals surface area contributed by atoms with E-state index in [0.29, 0.717) is 5.92 Å². The average Bonchev–Trinajstić information content (AvgIpc) is 3.05. The predicted octanol–water partition coefficient (Wildman–Crippen LogP) is 7.19. The Balaban J connectivity index is 1.91. The molecule has 1 unspecified atom stereocenters. The number of allylic oxidation sites excluding steroid dienone is 5. The van der Waals surface area contributed by atoms with E-state index in [4.69, 9.17) is 0 Å². The van der Waals surface area contributed by atoms with Crippen molar-refractivity contribution < 1.29 is 0 Å². The summed E-state index contributed by atoms with van der Waals surface area (Å²) >= 11 is 0. The second-order valence-electron chi connectivity index (χ2n) is 8.27. The number of fused-ring (bicyclic) bond motifs is 1. The molecule has 2 aromatic carbocycles. The van der Waals surface area contributed by atoms with Gasteiger partial charge in [0.2, 0.25) is 0 Å². The van der Waals surface area contributed by atoms with Gasteiger partial charge in [0.1, 0.15) is 0 Å². The van der Waals surface area contributed by atoms with Gasteiger partial charge in [-0.2, -0.15) is 0 Å². The summed E-state index contributed by atoms with van der Waals surface area (Å²) in [6, 6.07) is 17.5. The lowest BCUT2D eigenvalue weighted by Gasteiger charge is -2.27. The number of rotatable bonds is 2. The molecule has 0 N–H and O–H groups in total. The fraction of sp³-hybridized carbons (Fsp3) is 0.308. The molecular formula is C26H27. The van der Waals surface area contributed by atoms with Crippen molar-refractivity contribution in [2.24, 2.45) is 5.41 Å². The molecule has 0 bridgehead atoms. The van der Waals surface area contributed by atoms with E-state index in [0.717, 1.165) is 0 Å². The van der Waals surface area contributed by atoms with Crippen LogP contribution in [0.3, 0.4) is 0 Å². The highest BCUT2D eigenvalue weighted by Gasteiger charge is 2.37. The summed E-state index contributed by atoms with van der Waals surface area (Å²) in [4.78, 5) is 0. The molecule has 0 nitrogen and oxygen atoms in total. The van der Waals surface area contributed by atoms with E-state index in [9.17, 15) is 0 Å². The molecule has 4 rings (SSSR count). The number of hydrogen-bond acceptors (Lipinski definition) is 0. The minimum atomic E-state index is 0.0731. The van der Waals surface area contributed by atoms with E-state index < -0.39 is 0 Å². The molecule has 0 aliphatic heterocycles. The second-order valence-corrected chi connectivity index (χ2v) is 8.27. The lowest BCUT2D eigenvalue weighted by molar-refractivity contribution is 0.608. The maximum absolute atomic E-state index is 3.80. The molecule has 2 aliphatic rings. The SMILES string of the molecule is CC1=C(C)C(C)(C)C(c2cccc3c2[C]=C(c2ccccc2)C3C)=C1C. The van der Waals surface area contributed by atoms with Crippen molar-refractivity contribution in [3.05, 3.63) is 93.6 Å². The Kier molecular flexibility index (Phi) is 3.84. The molecule has 1 radical (unpaired) electrons. The first kappa shape index (κ1) is 17.1. The Hall–Kier alpha value is -2.34. The molecular weight excluding hydrogens is 312 g/mol. The molecule has 2 aliphatic carbocycles. The highest BCUT2D eigenvalue weighted by molar-refractivity contribution is 5.88. The summed E-state index contributed by atoms with van der Waals surface area (Å²) in [7, 11) is 0. The van der Waals surface area contributed by atoms with Crippen LogP contribution in [0, 0.1) is 11.5 Å². The van der Waals surface area contributed by atoms with Gasteiger partial charge in [0, 0.05) is 11.3 Å². The summed E-state index contributed by atoms with van der Waals surface area (Å²) in [5.74, 6) is 0.382. The van der Waals surface area contributed by atoms with Crippen molar-refractivity contribution in [3.8, 4) is 0 Å². The first-order valence-corrected chi connectivity index (χ1v) is 9.56. The standard InChI is InChI=1S/C26H27/c1-16-17(2)25(26(5,6)19(16)4)22-14-10-13-21-18(3)23(15-24(21)22)20-11-8-7-9-12-20/h7-14,18H,1-6H3. The van der Waals surface area contributed by atoms with Crippen molar-refractivity contribution >= 4 is 11.1 Å². The van der Waals surface area contributed by atoms with Gasteiger partial charge in [0.25, 0.3) is 0 Å². The Morgan fingerprint density at radius 1 is 0.846 bits per heavy atom. The highest BCUT2D eigenvalue weighted by Crippen LogP contribution is 2.53. The maximum atomic E-state index is 3.80. The van der Waals surface area contributed by atoms with Crippen LogP contribution in [0.1, 0.15) is 69.7 Å². The van der Waals surface area contributed by atoms with E-state index in [1.54, 1.807) is 0 Å². The van der Waals surface area contributed by atoms with Gasteiger partial charge in [0.15, 0.2) is 0 Å². The van der Waals surface area contributed by atoms with Gasteiger partial charge in [-0.05, 0) is 71.4 Å². The lowest BCUT2D eigenvalue weighted by atomic mass is 9.76. The van der Waals surface area contributed by atoms with E-state index in [-0.39, 0.29) is 5.41 Å². The summed E-state index contributed by atoms with van der Waals surface area (Å²) in [5, 5.41) is 0. The zero-order chi connectivity index (χ0) is 18.6. The zero-order valence-corrected chi connectivity index (χ0v) is 16.7. The Morgan fingerprint density at radius 3 is 2.15 bits per heavy atom. The summed E-state index contributed by atoms with van der Waals surface area (Å²) in [6.07, 6.45) is 3.80. The van der Waals surface area contributed by atoms with Crippen molar-refractivity contribution in [2.75, 3.05) is 0 Å². The quantitative estimate of drug-likeness (QED) is 0.543. The van der Waals surface area contributed by atoms with Crippen LogP contribution in [0.2, 0.25) is 0 Å². The molecule has 0 heteroatoms. The van der Waals surface area contributed by atoms with E-state index in [2.05, 4.69) is 96.1 Å². The van der Waals surface area contributed by atoms with Gasteiger partial charge >= 0.3 is 0 Å².